The maximum absolute atomic E-state index is 11.9. The molecule has 2 rings (SSSR count). The van der Waals surface area contributed by atoms with Gasteiger partial charge in [0.15, 0.2) is 0 Å². The quantitative estimate of drug-likeness (QED) is 0.771. The Morgan fingerprint density at radius 3 is 2.55 bits per heavy atom. The van der Waals surface area contributed by atoms with Gasteiger partial charge >= 0.3 is 142 Å². The number of ether oxygens (including phenoxy) is 1. The van der Waals surface area contributed by atoms with Gasteiger partial charge in [0.25, 0.3) is 0 Å². The van der Waals surface area contributed by atoms with E-state index in [2.05, 4.69) is 38.2 Å². The molecule has 1 aromatic carbocycles. The number of hydrogen-bond acceptors (Lipinski definition) is 3. The van der Waals surface area contributed by atoms with Crippen LogP contribution in [0.4, 0.5) is 10.5 Å². The standard InChI is InChI=1S/C12H13N2O3.C4H9.Sn/c1-9(15)13-7-11-8-14(12(16)17-11)10-5-3-2-4-6-10;1-4(2)3;/h3-6,11H,7-8H2,1H3,(H,13,15);1-3H3;/t11-;;/m0../s1. The Balaban J connectivity index is 1.99. The Morgan fingerprint density at radius 2 is 2.00 bits per heavy atom. The summed E-state index contributed by atoms with van der Waals surface area (Å²) in [6.07, 6.45) is -0.638. The molecule has 1 aromatic rings. The molecule has 0 aromatic heterocycles. The van der Waals surface area contributed by atoms with Crippen LogP contribution in [0.5, 0.6) is 0 Å². The minimum atomic E-state index is -0.630. The van der Waals surface area contributed by atoms with Crippen LogP contribution in [0.1, 0.15) is 27.7 Å². The summed E-state index contributed by atoms with van der Waals surface area (Å²) in [5, 5.41) is 2.68. The number of nitrogens with one attached hydrogen (secondary N) is 1. The van der Waals surface area contributed by atoms with Crippen molar-refractivity contribution in [3.63, 3.8) is 0 Å². The Labute approximate surface area is 141 Å². The van der Waals surface area contributed by atoms with E-state index in [1.54, 1.807) is 4.90 Å². The fraction of sp³-hybridized carbons (Fsp3) is 0.500. The molecular formula is C16H22N2O3Sn. The first-order valence-corrected chi connectivity index (χ1v) is 10.2. The van der Waals surface area contributed by atoms with Gasteiger partial charge in [-0.1, -0.05) is 0 Å². The van der Waals surface area contributed by atoms with Gasteiger partial charge in [-0.05, 0) is 0 Å². The van der Waals surface area contributed by atoms with Crippen molar-refractivity contribution in [1.29, 1.82) is 0 Å². The third-order valence-electron chi connectivity index (χ3n) is 3.15. The van der Waals surface area contributed by atoms with Gasteiger partial charge in [-0.25, -0.2) is 0 Å². The zero-order chi connectivity index (χ0) is 16.3. The van der Waals surface area contributed by atoms with E-state index < -0.39 is 21.1 Å². The van der Waals surface area contributed by atoms with Gasteiger partial charge in [-0.2, -0.15) is 0 Å². The number of cyclic esters (lactones) is 1. The van der Waals surface area contributed by atoms with Crippen molar-refractivity contribution in [2.24, 2.45) is 0 Å². The van der Waals surface area contributed by atoms with Crippen LogP contribution in [0.3, 0.4) is 0 Å². The molecule has 1 aliphatic heterocycles. The van der Waals surface area contributed by atoms with Crippen LogP contribution >= 0.6 is 0 Å². The molecule has 0 spiro atoms. The fourth-order valence-electron chi connectivity index (χ4n) is 2.25. The Hall–Kier alpha value is -1.24. The first-order chi connectivity index (χ1) is 10.2. The van der Waals surface area contributed by atoms with E-state index >= 15 is 0 Å². The first kappa shape index (κ1) is 17.1. The van der Waals surface area contributed by atoms with Crippen molar-refractivity contribution >= 4 is 42.4 Å². The number of anilines is 1. The molecule has 6 heteroatoms. The van der Waals surface area contributed by atoms with Crippen LogP contribution in [0, 0.1) is 0 Å². The van der Waals surface area contributed by atoms with Crippen LogP contribution in [-0.2, 0) is 9.53 Å². The van der Waals surface area contributed by atoms with Crippen molar-refractivity contribution in [3.8, 4) is 0 Å². The van der Waals surface area contributed by atoms with Gasteiger partial charge in [0.1, 0.15) is 0 Å². The molecule has 1 saturated heterocycles. The van der Waals surface area contributed by atoms with Crippen LogP contribution in [0.2, 0.25) is 3.43 Å². The molecule has 1 heterocycles. The zero-order valence-electron chi connectivity index (χ0n) is 13.5. The predicted molar refractivity (Wildman–Crippen MR) is 87.8 cm³/mol. The number of hydrogen-bond donors (Lipinski definition) is 1. The third-order valence-corrected chi connectivity index (χ3v) is 7.07. The number of rotatable bonds is 4. The topological polar surface area (TPSA) is 58.6 Å². The molecule has 0 bridgehead atoms. The average molecular weight is 409 g/mol. The molecule has 2 radical (unpaired) electrons. The summed E-state index contributed by atoms with van der Waals surface area (Å²) in [6, 6.07) is 8.23. The monoisotopic (exact) mass is 410 g/mol. The van der Waals surface area contributed by atoms with E-state index in [0.717, 1.165) is 5.69 Å². The molecule has 0 saturated carbocycles. The molecule has 0 unspecified atom stereocenters. The molecule has 1 aliphatic rings. The second-order valence-corrected chi connectivity index (χ2v) is 13.1. The molecule has 5 nitrogen and oxygen atoms in total. The van der Waals surface area contributed by atoms with E-state index in [4.69, 9.17) is 4.74 Å². The number of carbonyl (C=O) groups excluding carboxylic acids is 2. The number of amides is 2. The molecule has 2 amide bonds. The van der Waals surface area contributed by atoms with Gasteiger partial charge < -0.3 is 0 Å². The van der Waals surface area contributed by atoms with Crippen molar-refractivity contribution in [2.45, 2.75) is 37.2 Å². The normalized spacial score (nSPS) is 18.3. The Kier molecular flexibility index (Phi) is 5.36. The molecule has 1 atom stereocenters. The minimum absolute atomic E-state index is 0.118. The number of carbonyl (C=O) groups is 2. The summed E-state index contributed by atoms with van der Waals surface area (Å²) in [6.45, 7) is 9.10. The SMILES string of the molecule is CC(=O)NC[C@H]1CN(c2cc[c]([Sn][C](C)(C)C)cc2)C(=O)O1. The summed E-state index contributed by atoms with van der Waals surface area (Å²) in [5.74, 6) is -0.118. The fourth-order valence-corrected chi connectivity index (χ4v) is 5.68. The molecule has 1 fully saturated rings. The second kappa shape index (κ2) is 6.89. The molecule has 0 aliphatic carbocycles. The van der Waals surface area contributed by atoms with Gasteiger partial charge in [-0.3, -0.25) is 0 Å². The van der Waals surface area contributed by atoms with Crippen LogP contribution in [-0.4, -0.2) is 52.3 Å². The van der Waals surface area contributed by atoms with Crippen LogP contribution in [0.25, 0.3) is 0 Å². The second-order valence-electron chi connectivity index (χ2n) is 6.48. The van der Waals surface area contributed by atoms with Gasteiger partial charge in [0.05, 0.1) is 0 Å². The maximum atomic E-state index is 11.9. The van der Waals surface area contributed by atoms with Crippen molar-refractivity contribution in [1.82, 2.24) is 5.32 Å². The zero-order valence-corrected chi connectivity index (χ0v) is 16.3. The predicted octanol–water partition coefficient (Wildman–Crippen LogP) is 1.70. The number of benzene rings is 1. The summed E-state index contributed by atoms with van der Waals surface area (Å²) in [7, 11) is 0. The Bertz CT molecular complexity index is 552. The Morgan fingerprint density at radius 1 is 1.36 bits per heavy atom. The van der Waals surface area contributed by atoms with Crippen molar-refractivity contribution < 1.29 is 14.3 Å². The van der Waals surface area contributed by atoms with E-state index in [-0.39, 0.29) is 18.1 Å². The van der Waals surface area contributed by atoms with Crippen LogP contribution in [0.15, 0.2) is 24.3 Å². The third kappa shape index (κ3) is 4.90. The number of nitrogens with zero attached hydrogens (tertiary/aromatic N) is 1. The van der Waals surface area contributed by atoms with Crippen LogP contribution < -0.4 is 13.8 Å². The van der Waals surface area contributed by atoms with E-state index in [1.165, 1.54) is 10.5 Å². The van der Waals surface area contributed by atoms with E-state index in [9.17, 15) is 9.59 Å². The summed E-state index contributed by atoms with van der Waals surface area (Å²) < 4.78 is 7.09. The summed E-state index contributed by atoms with van der Waals surface area (Å²) in [5.41, 5.74) is 0.854. The molecule has 1 N–H and O–H groups in total. The van der Waals surface area contributed by atoms with Gasteiger partial charge in [-0.15, -0.1) is 0 Å². The summed E-state index contributed by atoms with van der Waals surface area (Å²) >= 11 is -0.630. The van der Waals surface area contributed by atoms with Crippen molar-refractivity contribution in [2.75, 3.05) is 18.0 Å². The van der Waals surface area contributed by atoms with E-state index in [1.807, 2.05) is 12.1 Å². The van der Waals surface area contributed by atoms with Gasteiger partial charge in [0, 0.05) is 0 Å². The molecule has 22 heavy (non-hydrogen) atoms. The van der Waals surface area contributed by atoms with E-state index in [0.29, 0.717) is 16.5 Å². The van der Waals surface area contributed by atoms with Gasteiger partial charge in [0.2, 0.25) is 0 Å². The molecular weight excluding hydrogens is 387 g/mol. The first-order valence-electron chi connectivity index (χ1n) is 7.35. The molecule has 118 valence electrons. The summed E-state index contributed by atoms with van der Waals surface area (Å²) in [4.78, 5) is 24.5. The average Bonchev–Trinajstić information content (AvgIpc) is 2.77. The van der Waals surface area contributed by atoms with Crippen molar-refractivity contribution in [3.05, 3.63) is 24.3 Å².